The van der Waals surface area contributed by atoms with Crippen LogP contribution in [0.5, 0.6) is 0 Å². The molecule has 0 saturated heterocycles. The normalized spacial score (nSPS) is 22.5. The molecule has 0 radical (unpaired) electrons. The number of rotatable bonds is 2. The molecular formula is C20H27N5O3. The summed E-state index contributed by atoms with van der Waals surface area (Å²) in [5.74, 6) is 6.76. The van der Waals surface area contributed by atoms with Crippen LogP contribution >= 0.6 is 0 Å². The fraction of sp³-hybridized carbons (Fsp3) is 0.600. The average molecular weight is 385 g/mol. The van der Waals surface area contributed by atoms with Gasteiger partial charge in [0.15, 0.2) is 0 Å². The van der Waals surface area contributed by atoms with Crippen LogP contribution in [-0.2, 0) is 9.53 Å². The first-order chi connectivity index (χ1) is 13.1. The van der Waals surface area contributed by atoms with Gasteiger partial charge in [0.2, 0.25) is 0 Å². The van der Waals surface area contributed by atoms with Crippen molar-refractivity contribution in [3.63, 3.8) is 0 Å². The maximum absolute atomic E-state index is 12.0. The minimum atomic E-state index is -1.10. The number of carbonyl (C=O) groups is 1. The molecule has 1 aliphatic rings. The van der Waals surface area contributed by atoms with E-state index in [-0.39, 0.29) is 11.9 Å². The number of ether oxygens (including phenoxy) is 1. The number of nitrogens with two attached hydrogens (primary N) is 1. The van der Waals surface area contributed by atoms with Crippen LogP contribution in [0.4, 0.5) is 5.82 Å². The number of aromatic nitrogens is 4. The Morgan fingerprint density at radius 1 is 1.43 bits per heavy atom. The fourth-order valence-electron chi connectivity index (χ4n) is 3.42. The summed E-state index contributed by atoms with van der Waals surface area (Å²) >= 11 is 0. The topological polar surface area (TPSA) is 116 Å². The van der Waals surface area contributed by atoms with Gasteiger partial charge in [-0.1, -0.05) is 11.8 Å². The number of anilines is 1. The Bertz CT molecular complexity index is 940. The van der Waals surface area contributed by atoms with Crippen molar-refractivity contribution in [3.8, 4) is 11.8 Å². The van der Waals surface area contributed by atoms with Gasteiger partial charge in [0.25, 0.3) is 5.78 Å². The van der Waals surface area contributed by atoms with Crippen LogP contribution in [0.25, 0.3) is 5.78 Å². The summed E-state index contributed by atoms with van der Waals surface area (Å²) < 4.78 is 6.82. The molecule has 2 aromatic heterocycles. The SMILES string of the molecule is Cc1nc2ncnn2c(N)c1C#CC1(O)CCC(CC(=O)OC(C)(C)C)CC1. The largest absolute Gasteiger partial charge is 0.460 e. The molecule has 150 valence electrons. The standard InChI is InChI=1S/C20H27N5O3/c1-13-15(17(21)25-18(24-13)22-12-23-25)7-10-20(27)8-5-14(6-9-20)11-16(26)28-19(2,3)4/h12,14,27H,5-6,8-9,11,21H2,1-4H3. The van der Waals surface area contributed by atoms with Crippen molar-refractivity contribution in [1.29, 1.82) is 0 Å². The second kappa shape index (κ2) is 7.40. The first-order valence-corrected chi connectivity index (χ1v) is 9.49. The maximum Gasteiger partial charge on any atom is 0.306 e. The Labute approximate surface area is 164 Å². The smallest absolute Gasteiger partial charge is 0.306 e. The first-order valence-electron chi connectivity index (χ1n) is 9.49. The van der Waals surface area contributed by atoms with Crippen LogP contribution in [0.2, 0.25) is 0 Å². The second-order valence-electron chi connectivity index (χ2n) is 8.44. The Morgan fingerprint density at radius 2 is 2.11 bits per heavy atom. The maximum atomic E-state index is 12.0. The number of nitrogen functional groups attached to an aromatic ring is 1. The highest BCUT2D eigenvalue weighted by atomic mass is 16.6. The zero-order valence-corrected chi connectivity index (χ0v) is 16.8. The van der Waals surface area contributed by atoms with Gasteiger partial charge in [-0.3, -0.25) is 4.79 Å². The van der Waals surface area contributed by atoms with Crippen LogP contribution in [0.1, 0.15) is 64.1 Å². The average Bonchev–Trinajstić information content (AvgIpc) is 3.04. The summed E-state index contributed by atoms with van der Waals surface area (Å²) in [4.78, 5) is 20.4. The summed E-state index contributed by atoms with van der Waals surface area (Å²) in [5, 5.41) is 14.9. The van der Waals surface area contributed by atoms with Gasteiger partial charge in [-0.15, -0.1) is 0 Å². The molecule has 1 saturated carbocycles. The van der Waals surface area contributed by atoms with Crippen molar-refractivity contribution in [2.75, 3.05) is 5.73 Å². The third-order valence-electron chi connectivity index (χ3n) is 4.87. The van der Waals surface area contributed by atoms with E-state index in [2.05, 4.69) is 26.9 Å². The third kappa shape index (κ3) is 4.60. The number of esters is 1. The molecule has 28 heavy (non-hydrogen) atoms. The molecular weight excluding hydrogens is 358 g/mol. The third-order valence-corrected chi connectivity index (χ3v) is 4.87. The summed E-state index contributed by atoms with van der Waals surface area (Å²) in [6, 6.07) is 0. The Kier molecular flexibility index (Phi) is 5.31. The van der Waals surface area contributed by atoms with Gasteiger partial charge in [0.1, 0.15) is 23.3 Å². The molecule has 0 bridgehead atoms. The molecule has 1 fully saturated rings. The minimum absolute atomic E-state index is 0.190. The van der Waals surface area contributed by atoms with E-state index in [1.54, 1.807) is 6.92 Å². The lowest BCUT2D eigenvalue weighted by molar-refractivity contribution is -0.156. The lowest BCUT2D eigenvalue weighted by atomic mass is 9.78. The van der Waals surface area contributed by atoms with E-state index in [0.29, 0.717) is 42.1 Å². The predicted octanol–water partition coefficient (Wildman–Crippen LogP) is 2.02. The van der Waals surface area contributed by atoms with Crippen LogP contribution in [0, 0.1) is 24.7 Å². The van der Waals surface area contributed by atoms with E-state index in [1.807, 2.05) is 20.8 Å². The number of hydrogen-bond donors (Lipinski definition) is 2. The van der Waals surface area contributed by atoms with Gasteiger partial charge in [-0.25, -0.2) is 4.98 Å². The number of aliphatic hydroxyl groups is 1. The van der Waals surface area contributed by atoms with Crippen molar-refractivity contribution in [2.24, 2.45) is 5.92 Å². The number of hydrogen-bond acceptors (Lipinski definition) is 7. The quantitative estimate of drug-likeness (QED) is 0.600. The number of aryl methyl sites for hydroxylation is 1. The lowest BCUT2D eigenvalue weighted by Gasteiger charge is -2.32. The molecule has 8 nitrogen and oxygen atoms in total. The van der Waals surface area contributed by atoms with Gasteiger partial charge in [-0.05, 0) is 59.3 Å². The summed E-state index contributed by atoms with van der Waals surface area (Å²) in [6.07, 6.45) is 4.21. The molecule has 1 aliphatic carbocycles. The number of carbonyl (C=O) groups excluding carboxylic acids is 1. The molecule has 0 amide bonds. The van der Waals surface area contributed by atoms with Crippen molar-refractivity contribution >= 4 is 17.6 Å². The molecule has 0 aliphatic heterocycles. The van der Waals surface area contributed by atoms with Gasteiger partial charge in [-0.2, -0.15) is 14.6 Å². The zero-order chi connectivity index (χ0) is 20.5. The molecule has 2 heterocycles. The van der Waals surface area contributed by atoms with E-state index < -0.39 is 11.2 Å². The van der Waals surface area contributed by atoms with Crippen molar-refractivity contribution in [2.45, 2.75) is 71.0 Å². The zero-order valence-electron chi connectivity index (χ0n) is 16.8. The lowest BCUT2D eigenvalue weighted by Crippen LogP contribution is -2.34. The van der Waals surface area contributed by atoms with Crippen LogP contribution in [-0.4, -0.2) is 41.9 Å². The Balaban J connectivity index is 1.67. The van der Waals surface area contributed by atoms with Gasteiger partial charge >= 0.3 is 5.97 Å². The Morgan fingerprint density at radius 3 is 2.75 bits per heavy atom. The monoisotopic (exact) mass is 385 g/mol. The molecule has 0 spiro atoms. The highest BCUT2D eigenvalue weighted by Gasteiger charge is 2.33. The molecule has 2 aromatic rings. The van der Waals surface area contributed by atoms with Crippen LogP contribution in [0.15, 0.2) is 6.33 Å². The van der Waals surface area contributed by atoms with E-state index in [1.165, 1.54) is 10.8 Å². The van der Waals surface area contributed by atoms with Crippen LogP contribution in [0.3, 0.4) is 0 Å². The summed E-state index contributed by atoms with van der Waals surface area (Å²) in [6.45, 7) is 7.38. The predicted molar refractivity (Wildman–Crippen MR) is 104 cm³/mol. The van der Waals surface area contributed by atoms with Crippen molar-refractivity contribution in [3.05, 3.63) is 17.6 Å². The second-order valence-corrected chi connectivity index (χ2v) is 8.44. The summed E-state index contributed by atoms with van der Waals surface area (Å²) in [5.41, 5.74) is 5.75. The number of nitrogens with zero attached hydrogens (tertiary/aromatic N) is 4. The van der Waals surface area contributed by atoms with Crippen molar-refractivity contribution in [1.82, 2.24) is 19.6 Å². The Hall–Kier alpha value is -2.66. The number of fused-ring (bicyclic) bond motifs is 1. The van der Waals surface area contributed by atoms with Crippen LogP contribution < -0.4 is 5.73 Å². The van der Waals surface area contributed by atoms with E-state index in [4.69, 9.17) is 10.5 Å². The highest BCUT2D eigenvalue weighted by Crippen LogP contribution is 2.34. The molecule has 8 heteroatoms. The van der Waals surface area contributed by atoms with E-state index in [0.717, 1.165) is 12.8 Å². The molecule has 3 N–H and O–H groups in total. The van der Waals surface area contributed by atoms with Gasteiger partial charge in [0, 0.05) is 6.42 Å². The first kappa shape index (κ1) is 20.1. The molecule has 0 unspecified atom stereocenters. The van der Waals surface area contributed by atoms with Crippen molar-refractivity contribution < 1.29 is 14.6 Å². The van der Waals surface area contributed by atoms with Gasteiger partial charge in [0.05, 0.1) is 11.3 Å². The summed E-state index contributed by atoms with van der Waals surface area (Å²) in [7, 11) is 0. The minimum Gasteiger partial charge on any atom is -0.460 e. The molecule has 0 atom stereocenters. The fourth-order valence-corrected chi connectivity index (χ4v) is 3.42. The molecule has 3 rings (SSSR count). The van der Waals surface area contributed by atoms with E-state index >= 15 is 0 Å². The molecule has 0 aromatic carbocycles. The van der Waals surface area contributed by atoms with E-state index in [9.17, 15) is 9.90 Å². The highest BCUT2D eigenvalue weighted by molar-refractivity contribution is 5.70. The van der Waals surface area contributed by atoms with Gasteiger partial charge < -0.3 is 15.6 Å².